The van der Waals surface area contributed by atoms with Crippen LogP contribution in [0, 0.1) is 0 Å². The van der Waals surface area contributed by atoms with Crippen LogP contribution in [0.2, 0.25) is 18.1 Å². The monoisotopic (exact) mass is 276 g/mol. The molecule has 0 spiro atoms. The Morgan fingerprint density at radius 3 is 2.28 bits per heavy atom. The van der Waals surface area contributed by atoms with Crippen LogP contribution in [0.15, 0.2) is 11.9 Å². The van der Waals surface area contributed by atoms with E-state index in [4.69, 9.17) is 4.43 Å². The van der Waals surface area contributed by atoms with Crippen LogP contribution in [0.5, 0.6) is 0 Å². The number of rotatable bonds is 5. The Morgan fingerprint density at radius 2 is 1.89 bits per heavy atom. The fourth-order valence-corrected chi connectivity index (χ4v) is 2.63. The molecule has 1 atom stereocenters. The van der Waals surface area contributed by atoms with Gasteiger partial charge < -0.3 is 9.16 Å². The number of esters is 1. The smallest absolute Gasteiger partial charge is 0.366 e. The second-order valence-corrected chi connectivity index (χ2v) is 10.7. The fraction of sp³-hybridized carbons (Fsp3) is 0.769. The van der Waals surface area contributed by atoms with Crippen LogP contribution in [0.3, 0.4) is 0 Å². The lowest BCUT2D eigenvalue weighted by Crippen LogP contribution is -2.43. The second-order valence-electron chi connectivity index (χ2n) is 5.97. The van der Waals surface area contributed by atoms with Gasteiger partial charge in [-0.1, -0.05) is 20.8 Å². The van der Waals surface area contributed by atoms with Crippen LogP contribution in [0.1, 0.15) is 34.1 Å². The molecule has 0 saturated carbocycles. The molecule has 0 amide bonds. The Labute approximate surface area is 110 Å². The fourth-order valence-electron chi connectivity index (χ4n) is 1.18. The summed E-state index contributed by atoms with van der Waals surface area (Å²) < 4.78 is 23.5. The summed E-state index contributed by atoms with van der Waals surface area (Å²) in [4.78, 5) is 10.9. The van der Waals surface area contributed by atoms with Crippen molar-refractivity contribution >= 4 is 14.3 Å². The van der Waals surface area contributed by atoms with Crippen LogP contribution in [-0.2, 0) is 14.0 Å². The Bertz CT molecular complexity index is 319. The highest BCUT2D eigenvalue weighted by Gasteiger charge is 2.38. The quantitative estimate of drug-likeness (QED) is 0.435. The van der Waals surface area contributed by atoms with Crippen molar-refractivity contribution in [1.82, 2.24) is 0 Å². The minimum absolute atomic E-state index is 0.110. The Balaban J connectivity index is 4.46. The summed E-state index contributed by atoms with van der Waals surface area (Å²) in [5, 5.41) is 0.117. The molecule has 1 unspecified atom stereocenters. The lowest BCUT2D eigenvalue weighted by Gasteiger charge is -2.38. The van der Waals surface area contributed by atoms with E-state index in [2.05, 4.69) is 38.6 Å². The van der Waals surface area contributed by atoms with Gasteiger partial charge in [0.25, 0.3) is 0 Å². The molecule has 0 N–H and O–H groups in total. The molecule has 0 aliphatic heterocycles. The number of methoxy groups -OCH3 is 1. The average Bonchev–Trinajstić information content (AvgIpc) is 2.22. The van der Waals surface area contributed by atoms with Gasteiger partial charge in [0.2, 0.25) is 5.83 Å². The van der Waals surface area contributed by atoms with Crippen molar-refractivity contribution in [3.05, 3.63) is 11.9 Å². The van der Waals surface area contributed by atoms with Crippen molar-refractivity contribution in [2.45, 2.75) is 58.4 Å². The molecule has 0 aromatic carbocycles. The van der Waals surface area contributed by atoms with E-state index in [1.165, 1.54) is 6.08 Å². The summed E-state index contributed by atoms with van der Waals surface area (Å²) >= 11 is 0. The van der Waals surface area contributed by atoms with Crippen molar-refractivity contribution in [3.63, 3.8) is 0 Å². The molecule has 0 aliphatic rings. The highest BCUT2D eigenvalue weighted by molar-refractivity contribution is 6.74. The van der Waals surface area contributed by atoms with E-state index >= 15 is 0 Å². The summed E-state index contributed by atoms with van der Waals surface area (Å²) in [6.07, 6.45) is 1.48. The van der Waals surface area contributed by atoms with Gasteiger partial charge in [-0.15, -0.1) is 0 Å². The van der Waals surface area contributed by atoms with Gasteiger partial charge in [-0.3, -0.25) is 0 Å². The molecule has 0 aromatic heterocycles. The zero-order valence-corrected chi connectivity index (χ0v) is 13.5. The van der Waals surface area contributed by atoms with Crippen LogP contribution in [0.25, 0.3) is 0 Å². The van der Waals surface area contributed by atoms with Crippen LogP contribution < -0.4 is 0 Å². The summed E-state index contributed by atoms with van der Waals surface area (Å²) in [7, 11) is -0.685. The molecule has 5 heteroatoms. The van der Waals surface area contributed by atoms with Gasteiger partial charge >= 0.3 is 5.97 Å². The third kappa shape index (κ3) is 5.31. The largest absolute Gasteiger partial charge is 0.464 e. The van der Waals surface area contributed by atoms with Crippen molar-refractivity contribution in [2.24, 2.45) is 0 Å². The van der Waals surface area contributed by atoms with E-state index < -0.39 is 20.1 Å². The minimum Gasteiger partial charge on any atom is -0.464 e. The van der Waals surface area contributed by atoms with Crippen molar-refractivity contribution in [2.75, 3.05) is 7.11 Å². The van der Waals surface area contributed by atoms with Gasteiger partial charge in [0.15, 0.2) is 8.32 Å². The first-order valence-corrected chi connectivity index (χ1v) is 9.04. The first-order chi connectivity index (χ1) is 8.01. The van der Waals surface area contributed by atoms with Gasteiger partial charge in [-0.25, -0.2) is 4.79 Å². The maximum absolute atomic E-state index is 13.2. The van der Waals surface area contributed by atoms with E-state index in [1.807, 2.05) is 6.92 Å². The third-order valence-corrected chi connectivity index (χ3v) is 7.92. The summed E-state index contributed by atoms with van der Waals surface area (Å²) in [6.45, 7) is 12.6. The summed E-state index contributed by atoms with van der Waals surface area (Å²) in [6, 6.07) is 0. The molecule has 0 heterocycles. The normalized spacial score (nSPS) is 15.4. The number of ether oxygens (including phenoxy) is 1. The number of halogens is 1. The lowest BCUT2D eigenvalue weighted by molar-refractivity contribution is -0.137. The third-order valence-electron chi connectivity index (χ3n) is 3.31. The molecule has 18 heavy (non-hydrogen) atoms. The predicted molar refractivity (Wildman–Crippen MR) is 73.6 cm³/mol. The SMILES string of the molecule is COC(=O)/C(F)=C/CC(C)O[Si](C)(C)C(C)(C)C. The van der Waals surface area contributed by atoms with E-state index in [-0.39, 0.29) is 11.1 Å². The zero-order chi connectivity index (χ0) is 14.6. The Kier molecular flexibility index (Phi) is 6.23. The Hall–Kier alpha value is -0.683. The van der Waals surface area contributed by atoms with E-state index in [0.29, 0.717) is 6.42 Å². The molecular formula is C13H25FO3Si. The number of hydrogen-bond donors (Lipinski definition) is 0. The molecule has 0 rings (SSSR count). The van der Waals surface area contributed by atoms with Crippen LogP contribution >= 0.6 is 0 Å². The average molecular weight is 276 g/mol. The lowest BCUT2D eigenvalue weighted by atomic mass is 10.2. The van der Waals surface area contributed by atoms with Crippen molar-refractivity contribution in [1.29, 1.82) is 0 Å². The molecule has 0 bridgehead atoms. The molecule has 106 valence electrons. The number of carbonyl (C=O) groups is 1. The minimum atomic E-state index is -1.84. The second kappa shape index (κ2) is 6.47. The summed E-state index contributed by atoms with van der Waals surface area (Å²) in [5.41, 5.74) is 0. The molecule has 0 aromatic rings. The maximum Gasteiger partial charge on any atom is 0.366 e. The van der Waals surface area contributed by atoms with E-state index in [9.17, 15) is 9.18 Å². The van der Waals surface area contributed by atoms with Crippen LogP contribution in [-0.4, -0.2) is 27.5 Å². The van der Waals surface area contributed by atoms with Gasteiger partial charge in [-0.05, 0) is 37.6 Å². The zero-order valence-electron chi connectivity index (χ0n) is 12.5. The molecular weight excluding hydrogens is 251 g/mol. The molecule has 0 aliphatic carbocycles. The van der Waals surface area contributed by atoms with Crippen LogP contribution in [0.4, 0.5) is 4.39 Å². The molecule has 0 fully saturated rings. The standard InChI is InChI=1S/C13H25FO3Si/c1-10(8-9-11(14)12(15)16-5)17-18(6,7)13(2,3)4/h9-10H,8H2,1-7H3/b11-9-. The van der Waals surface area contributed by atoms with Gasteiger partial charge in [0, 0.05) is 6.10 Å². The summed E-state index contributed by atoms with van der Waals surface area (Å²) in [5.74, 6) is -1.79. The molecule has 0 radical (unpaired) electrons. The molecule has 0 saturated heterocycles. The first kappa shape index (κ1) is 17.3. The predicted octanol–water partition coefficient (Wildman–Crippen LogP) is 3.81. The van der Waals surface area contributed by atoms with Gasteiger partial charge in [0.1, 0.15) is 0 Å². The van der Waals surface area contributed by atoms with Crippen molar-refractivity contribution in [3.8, 4) is 0 Å². The number of hydrogen-bond acceptors (Lipinski definition) is 3. The van der Waals surface area contributed by atoms with E-state index in [0.717, 1.165) is 7.11 Å². The van der Waals surface area contributed by atoms with Crippen molar-refractivity contribution < 1.29 is 18.3 Å². The van der Waals surface area contributed by atoms with E-state index in [1.54, 1.807) is 0 Å². The molecule has 3 nitrogen and oxygen atoms in total. The number of carbonyl (C=O) groups excluding carboxylic acids is 1. The maximum atomic E-state index is 13.2. The highest BCUT2D eigenvalue weighted by Crippen LogP contribution is 2.37. The topological polar surface area (TPSA) is 35.5 Å². The first-order valence-electron chi connectivity index (χ1n) is 6.13. The Morgan fingerprint density at radius 1 is 1.39 bits per heavy atom. The highest BCUT2D eigenvalue weighted by atomic mass is 28.4. The van der Waals surface area contributed by atoms with Gasteiger partial charge in [0.05, 0.1) is 7.11 Å². The van der Waals surface area contributed by atoms with Gasteiger partial charge in [-0.2, -0.15) is 4.39 Å².